The fourth-order valence-corrected chi connectivity index (χ4v) is 1.70. The van der Waals surface area contributed by atoms with Crippen molar-refractivity contribution in [3.63, 3.8) is 0 Å². The SMILES string of the molecule is NC(=S)N1CCN(C2=CC2)CC1. The van der Waals surface area contributed by atoms with Gasteiger partial charge in [-0.15, -0.1) is 0 Å². The molecule has 1 aliphatic heterocycles. The van der Waals surface area contributed by atoms with Crippen LogP contribution in [-0.4, -0.2) is 41.1 Å². The van der Waals surface area contributed by atoms with Crippen molar-refractivity contribution in [2.75, 3.05) is 26.2 Å². The lowest BCUT2D eigenvalue weighted by atomic mass is 10.3. The lowest BCUT2D eigenvalue weighted by Crippen LogP contribution is -2.49. The molecule has 2 aliphatic rings. The molecule has 0 aromatic carbocycles. The van der Waals surface area contributed by atoms with Crippen LogP contribution in [0, 0.1) is 0 Å². The van der Waals surface area contributed by atoms with Crippen molar-refractivity contribution >= 4 is 17.3 Å². The Hall–Kier alpha value is -0.770. The van der Waals surface area contributed by atoms with Crippen LogP contribution in [0.4, 0.5) is 0 Å². The second-order valence-electron chi connectivity index (χ2n) is 3.21. The van der Waals surface area contributed by atoms with Crippen molar-refractivity contribution in [2.45, 2.75) is 6.42 Å². The first kappa shape index (κ1) is 7.86. The number of allylic oxidation sites excluding steroid dienone is 2. The summed E-state index contributed by atoms with van der Waals surface area (Å²) in [6.45, 7) is 4.10. The zero-order valence-electron chi connectivity index (χ0n) is 6.99. The predicted molar refractivity (Wildman–Crippen MR) is 52.6 cm³/mol. The van der Waals surface area contributed by atoms with E-state index in [1.165, 1.54) is 12.1 Å². The van der Waals surface area contributed by atoms with E-state index in [2.05, 4.69) is 15.9 Å². The molecule has 0 aromatic rings. The fraction of sp³-hybridized carbons (Fsp3) is 0.625. The summed E-state index contributed by atoms with van der Waals surface area (Å²) in [5, 5.41) is 0.541. The fourth-order valence-electron chi connectivity index (χ4n) is 1.52. The van der Waals surface area contributed by atoms with Crippen molar-refractivity contribution in [2.24, 2.45) is 5.73 Å². The molecule has 0 radical (unpaired) electrons. The van der Waals surface area contributed by atoms with Gasteiger partial charge in [-0.2, -0.15) is 0 Å². The van der Waals surface area contributed by atoms with E-state index >= 15 is 0 Å². The number of hydrogen-bond donors (Lipinski definition) is 1. The van der Waals surface area contributed by atoms with Crippen molar-refractivity contribution < 1.29 is 0 Å². The Bertz CT molecular complexity index is 218. The van der Waals surface area contributed by atoms with Gasteiger partial charge in [0.2, 0.25) is 0 Å². The highest BCUT2D eigenvalue weighted by Gasteiger charge is 2.22. The van der Waals surface area contributed by atoms with Gasteiger partial charge in [-0.3, -0.25) is 0 Å². The standard InChI is InChI=1S/C8H13N3S/c9-8(12)11-5-3-10(4-6-11)7-1-2-7/h1H,2-6H2,(H2,9,12). The molecule has 0 atom stereocenters. The highest BCUT2D eigenvalue weighted by Crippen LogP contribution is 2.24. The number of hydrogen-bond acceptors (Lipinski definition) is 2. The molecule has 0 spiro atoms. The van der Waals surface area contributed by atoms with Crippen LogP contribution in [0.5, 0.6) is 0 Å². The molecule has 2 rings (SSSR count). The molecule has 0 saturated carbocycles. The van der Waals surface area contributed by atoms with E-state index in [1.54, 1.807) is 0 Å². The normalized spacial score (nSPS) is 22.2. The van der Waals surface area contributed by atoms with Gasteiger partial charge < -0.3 is 15.5 Å². The molecule has 4 heteroatoms. The Morgan fingerprint density at radius 1 is 1.33 bits per heavy atom. The smallest absolute Gasteiger partial charge is 0.166 e. The van der Waals surface area contributed by atoms with Gasteiger partial charge >= 0.3 is 0 Å². The summed E-state index contributed by atoms with van der Waals surface area (Å²) in [5.41, 5.74) is 7.03. The van der Waals surface area contributed by atoms with Gasteiger partial charge in [0, 0.05) is 38.3 Å². The van der Waals surface area contributed by atoms with E-state index in [-0.39, 0.29) is 0 Å². The van der Waals surface area contributed by atoms with Crippen molar-refractivity contribution in [3.8, 4) is 0 Å². The first-order valence-electron chi connectivity index (χ1n) is 4.26. The maximum atomic E-state index is 5.53. The van der Waals surface area contributed by atoms with E-state index in [4.69, 9.17) is 18.0 Å². The lowest BCUT2D eigenvalue weighted by Gasteiger charge is -2.35. The molecule has 12 heavy (non-hydrogen) atoms. The van der Waals surface area contributed by atoms with Gasteiger partial charge in [0.25, 0.3) is 0 Å². The molecule has 0 aromatic heterocycles. The number of rotatable bonds is 1. The minimum absolute atomic E-state index is 0.541. The van der Waals surface area contributed by atoms with Gasteiger partial charge in [-0.25, -0.2) is 0 Å². The highest BCUT2D eigenvalue weighted by molar-refractivity contribution is 7.80. The van der Waals surface area contributed by atoms with Crippen molar-refractivity contribution in [1.29, 1.82) is 0 Å². The second kappa shape index (κ2) is 2.94. The summed E-state index contributed by atoms with van der Waals surface area (Å²) in [6, 6.07) is 0. The molecule has 1 fully saturated rings. The molecule has 1 heterocycles. The summed E-state index contributed by atoms with van der Waals surface area (Å²) in [4.78, 5) is 4.48. The summed E-state index contributed by atoms with van der Waals surface area (Å²) in [5.74, 6) is 0. The zero-order chi connectivity index (χ0) is 8.55. The molecule has 0 amide bonds. The molecule has 1 saturated heterocycles. The third-order valence-corrected chi connectivity index (χ3v) is 2.64. The summed E-state index contributed by atoms with van der Waals surface area (Å²) in [6.07, 6.45) is 3.45. The number of thiocarbonyl (C=S) groups is 1. The average molecular weight is 183 g/mol. The Balaban J connectivity index is 1.84. The van der Waals surface area contributed by atoms with Gasteiger partial charge in [-0.1, -0.05) is 6.08 Å². The van der Waals surface area contributed by atoms with Gasteiger partial charge in [0.05, 0.1) is 0 Å². The molecule has 66 valence electrons. The molecule has 1 aliphatic carbocycles. The Kier molecular flexibility index (Phi) is 1.92. The second-order valence-corrected chi connectivity index (χ2v) is 3.63. The van der Waals surface area contributed by atoms with E-state index < -0.39 is 0 Å². The quantitative estimate of drug-likeness (QED) is 0.586. The van der Waals surface area contributed by atoms with Crippen LogP contribution in [0.1, 0.15) is 6.42 Å². The molecule has 2 N–H and O–H groups in total. The molecular weight excluding hydrogens is 170 g/mol. The van der Waals surface area contributed by atoms with Crippen molar-refractivity contribution in [3.05, 3.63) is 11.8 Å². The lowest BCUT2D eigenvalue weighted by molar-refractivity contribution is 0.229. The van der Waals surface area contributed by atoms with Crippen LogP contribution in [-0.2, 0) is 0 Å². The molecule has 0 bridgehead atoms. The van der Waals surface area contributed by atoms with E-state index in [1.807, 2.05) is 0 Å². The zero-order valence-corrected chi connectivity index (χ0v) is 7.81. The minimum Gasteiger partial charge on any atom is -0.376 e. The number of nitrogens with two attached hydrogens (primary N) is 1. The molecule has 3 nitrogen and oxygen atoms in total. The molecular formula is C8H13N3S. The highest BCUT2D eigenvalue weighted by atomic mass is 32.1. The largest absolute Gasteiger partial charge is 0.376 e. The van der Waals surface area contributed by atoms with E-state index in [0.717, 1.165) is 26.2 Å². The van der Waals surface area contributed by atoms with Crippen LogP contribution in [0.25, 0.3) is 0 Å². The first-order valence-corrected chi connectivity index (χ1v) is 4.66. The Morgan fingerprint density at radius 3 is 2.33 bits per heavy atom. The topological polar surface area (TPSA) is 32.5 Å². The van der Waals surface area contributed by atoms with Crippen LogP contribution < -0.4 is 5.73 Å². The van der Waals surface area contributed by atoms with Gasteiger partial charge in [0.15, 0.2) is 5.11 Å². The summed E-state index contributed by atoms with van der Waals surface area (Å²) in [7, 11) is 0. The third kappa shape index (κ3) is 1.53. The van der Waals surface area contributed by atoms with E-state index in [9.17, 15) is 0 Å². The monoisotopic (exact) mass is 183 g/mol. The van der Waals surface area contributed by atoms with Crippen LogP contribution in [0.3, 0.4) is 0 Å². The summed E-state index contributed by atoms with van der Waals surface area (Å²) < 4.78 is 0. The maximum Gasteiger partial charge on any atom is 0.166 e. The van der Waals surface area contributed by atoms with Crippen LogP contribution in [0.15, 0.2) is 11.8 Å². The van der Waals surface area contributed by atoms with Gasteiger partial charge in [0.1, 0.15) is 0 Å². The van der Waals surface area contributed by atoms with E-state index in [0.29, 0.717) is 5.11 Å². The van der Waals surface area contributed by atoms with Gasteiger partial charge in [-0.05, 0) is 12.2 Å². The Morgan fingerprint density at radius 2 is 1.92 bits per heavy atom. The average Bonchev–Trinajstić information content (AvgIpc) is 2.87. The van der Waals surface area contributed by atoms with Crippen LogP contribution >= 0.6 is 12.2 Å². The first-order chi connectivity index (χ1) is 5.77. The number of nitrogens with zero attached hydrogens (tertiary/aromatic N) is 2. The number of piperazine rings is 1. The summed E-state index contributed by atoms with van der Waals surface area (Å²) >= 11 is 4.91. The minimum atomic E-state index is 0.541. The maximum absolute atomic E-state index is 5.53. The Labute approximate surface area is 77.8 Å². The molecule has 0 unspecified atom stereocenters. The van der Waals surface area contributed by atoms with Crippen molar-refractivity contribution in [1.82, 2.24) is 9.80 Å². The van der Waals surface area contributed by atoms with Crippen LogP contribution in [0.2, 0.25) is 0 Å². The third-order valence-electron chi connectivity index (χ3n) is 2.38. The predicted octanol–water partition coefficient (Wildman–Crippen LogP) is 0.135.